The fraction of sp³-hybridized carbons (Fsp3) is 0.125. The number of nitrogens with two attached hydrogens (primary N) is 1. The summed E-state index contributed by atoms with van der Waals surface area (Å²) in [6.45, 7) is 0.504. The van der Waals surface area contributed by atoms with Gasteiger partial charge in [0, 0.05) is 10.0 Å². The summed E-state index contributed by atoms with van der Waals surface area (Å²) < 4.78 is 6.09. The van der Waals surface area contributed by atoms with E-state index in [2.05, 4.69) is 20.9 Å². The Morgan fingerprint density at radius 2 is 2.33 bits per heavy atom. The molecule has 1 aromatic rings. The minimum absolute atomic E-state index is 0.241. The summed E-state index contributed by atoms with van der Waals surface area (Å²) in [7, 11) is 0. The minimum Gasteiger partial charge on any atom is -0.460 e. The summed E-state index contributed by atoms with van der Waals surface area (Å²) >= 11 is 3.37. The van der Waals surface area contributed by atoms with Crippen molar-refractivity contribution in [2.75, 3.05) is 0 Å². The molecule has 1 aliphatic heterocycles. The van der Waals surface area contributed by atoms with E-state index < -0.39 is 0 Å². The van der Waals surface area contributed by atoms with Gasteiger partial charge in [0.1, 0.15) is 6.61 Å². The molecule has 0 aromatic heterocycles. The van der Waals surface area contributed by atoms with Crippen LogP contribution in [0.4, 0.5) is 5.69 Å². The van der Waals surface area contributed by atoms with Crippen molar-refractivity contribution in [3.63, 3.8) is 0 Å². The lowest BCUT2D eigenvalue weighted by atomic mass is 10.2. The SMILES string of the molecule is NC1=Nc2ccc(Br)cc2CO1. The average Bonchev–Trinajstić information content (AvgIpc) is 2.05. The normalized spacial score (nSPS) is 14.6. The molecule has 0 saturated carbocycles. The van der Waals surface area contributed by atoms with Crippen LogP contribution in [0.2, 0.25) is 0 Å². The quantitative estimate of drug-likeness (QED) is 0.735. The van der Waals surface area contributed by atoms with Crippen molar-refractivity contribution < 1.29 is 4.74 Å². The van der Waals surface area contributed by atoms with E-state index in [-0.39, 0.29) is 6.02 Å². The Balaban J connectivity index is 2.51. The Bertz CT molecular complexity index is 349. The van der Waals surface area contributed by atoms with Crippen LogP contribution in [0.1, 0.15) is 5.56 Å². The van der Waals surface area contributed by atoms with E-state index in [1.807, 2.05) is 18.2 Å². The monoisotopic (exact) mass is 226 g/mol. The molecule has 0 fully saturated rings. The number of fused-ring (bicyclic) bond motifs is 1. The van der Waals surface area contributed by atoms with Crippen LogP contribution in [-0.2, 0) is 11.3 Å². The Labute approximate surface area is 78.4 Å². The summed E-state index contributed by atoms with van der Waals surface area (Å²) in [5, 5.41) is 0. The zero-order valence-electron chi connectivity index (χ0n) is 6.25. The molecule has 0 unspecified atom stereocenters. The van der Waals surface area contributed by atoms with Crippen molar-refractivity contribution in [2.45, 2.75) is 6.61 Å². The molecule has 2 N–H and O–H groups in total. The van der Waals surface area contributed by atoms with Crippen LogP contribution in [0.25, 0.3) is 0 Å². The number of halogens is 1. The zero-order valence-corrected chi connectivity index (χ0v) is 7.84. The van der Waals surface area contributed by atoms with Crippen LogP contribution >= 0.6 is 15.9 Å². The third kappa shape index (κ3) is 1.30. The van der Waals surface area contributed by atoms with Gasteiger partial charge in [-0.05, 0) is 18.2 Å². The lowest BCUT2D eigenvalue weighted by Crippen LogP contribution is -2.18. The van der Waals surface area contributed by atoms with E-state index in [4.69, 9.17) is 10.5 Å². The second-order valence-electron chi connectivity index (χ2n) is 2.51. The highest BCUT2D eigenvalue weighted by atomic mass is 79.9. The second kappa shape index (κ2) is 2.79. The Morgan fingerprint density at radius 3 is 3.17 bits per heavy atom. The van der Waals surface area contributed by atoms with Gasteiger partial charge >= 0.3 is 0 Å². The highest BCUT2D eigenvalue weighted by Gasteiger charge is 2.09. The minimum atomic E-state index is 0.241. The number of hydrogen-bond donors (Lipinski definition) is 1. The number of ether oxygens (including phenoxy) is 1. The maximum absolute atomic E-state index is 5.40. The first-order valence-electron chi connectivity index (χ1n) is 3.51. The Morgan fingerprint density at radius 1 is 1.50 bits per heavy atom. The van der Waals surface area contributed by atoms with Gasteiger partial charge in [-0.2, -0.15) is 4.99 Å². The van der Waals surface area contributed by atoms with Gasteiger partial charge in [0.25, 0.3) is 6.02 Å². The molecule has 0 amide bonds. The smallest absolute Gasteiger partial charge is 0.287 e. The molecule has 1 aromatic carbocycles. The largest absolute Gasteiger partial charge is 0.460 e. The molecule has 3 nitrogen and oxygen atoms in total. The van der Waals surface area contributed by atoms with Gasteiger partial charge in [0.05, 0.1) is 5.69 Å². The predicted octanol–water partition coefficient (Wildman–Crippen LogP) is 1.93. The third-order valence-corrected chi connectivity index (χ3v) is 2.14. The standard InChI is InChI=1S/C8H7BrN2O/c9-6-1-2-7-5(3-6)4-12-8(10)11-7/h1-3H,4H2,(H2,10,11). The van der Waals surface area contributed by atoms with Crippen molar-refractivity contribution in [2.24, 2.45) is 10.7 Å². The van der Waals surface area contributed by atoms with Gasteiger partial charge in [-0.25, -0.2) is 0 Å². The van der Waals surface area contributed by atoms with E-state index in [9.17, 15) is 0 Å². The Kier molecular flexibility index (Phi) is 1.77. The van der Waals surface area contributed by atoms with Crippen molar-refractivity contribution >= 4 is 27.6 Å². The molecule has 0 saturated heterocycles. The first-order valence-corrected chi connectivity index (χ1v) is 4.30. The van der Waals surface area contributed by atoms with Crippen molar-refractivity contribution in [1.82, 2.24) is 0 Å². The molecule has 0 spiro atoms. The van der Waals surface area contributed by atoms with Crippen molar-refractivity contribution in [1.29, 1.82) is 0 Å². The van der Waals surface area contributed by atoms with Gasteiger partial charge < -0.3 is 10.5 Å². The molecule has 1 heterocycles. The molecule has 4 heteroatoms. The van der Waals surface area contributed by atoms with Crippen molar-refractivity contribution in [3.8, 4) is 0 Å². The molecule has 62 valence electrons. The van der Waals surface area contributed by atoms with Crippen LogP contribution in [0, 0.1) is 0 Å². The molecule has 1 aliphatic rings. The average molecular weight is 227 g/mol. The van der Waals surface area contributed by atoms with Gasteiger partial charge in [0.15, 0.2) is 0 Å². The number of hydrogen-bond acceptors (Lipinski definition) is 3. The number of aliphatic imine (C=N–C) groups is 1. The van der Waals surface area contributed by atoms with E-state index in [1.54, 1.807) is 0 Å². The lowest BCUT2D eigenvalue weighted by Gasteiger charge is -2.13. The predicted molar refractivity (Wildman–Crippen MR) is 50.2 cm³/mol. The van der Waals surface area contributed by atoms with Crippen LogP contribution in [0.5, 0.6) is 0 Å². The number of rotatable bonds is 0. The van der Waals surface area contributed by atoms with Gasteiger partial charge in [0.2, 0.25) is 0 Å². The number of nitrogens with zero attached hydrogens (tertiary/aromatic N) is 1. The summed E-state index contributed by atoms with van der Waals surface area (Å²) in [6, 6.07) is 6.06. The van der Waals surface area contributed by atoms with E-state index >= 15 is 0 Å². The Hall–Kier alpha value is -1.03. The topological polar surface area (TPSA) is 47.6 Å². The summed E-state index contributed by atoms with van der Waals surface area (Å²) in [5.41, 5.74) is 7.35. The molecular weight excluding hydrogens is 220 g/mol. The fourth-order valence-electron chi connectivity index (χ4n) is 1.08. The van der Waals surface area contributed by atoms with E-state index in [0.717, 1.165) is 15.7 Å². The van der Waals surface area contributed by atoms with E-state index in [1.165, 1.54) is 0 Å². The van der Waals surface area contributed by atoms with Gasteiger partial charge in [-0.3, -0.25) is 0 Å². The van der Waals surface area contributed by atoms with Gasteiger partial charge in [-0.15, -0.1) is 0 Å². The maximum Gasteiger partial charge on any atom is 0.287 e. The molecule has 12 heavy (non-hydrogen) atoms. The van der Waals surface area contributed by atoms with Crippen molar-refractivity contribution in [3.05, 3.63) is 28.2 Å². The molecule has 0 atom stereocenters. The van der Waals surface area contributed by atoms with Crippen LogP contribution in [-0.4, -0.2) is 6.02 Å². The van der Waals surface area contributed by atoms with Gasteiger partial charge in [-0.1, -0.05) is 15.9 Å². The van der Waals surface area contributed by atoms with E-state index in [0.29, 0.717) is 6.61 Å². The number of benzene rings is 1. The highest BCUT2D eigenvalue weighted by Crippen LogP contribution is 2.26. The maximum atomic E-state index is 5.40. The molecule has 0 bridgehead atoms. The fourth-order valence-corrected chi connectivity index (χ4v) is 1.49. The lowest BCUT2D eigenvalue weighted by molar-refractivity contribution is 0.282. The molecule has 2 rings (SSSR count). The summed E-state index contributed by atoms with van der Waals surface area (Å²) in [6.07, 6.45) is 0. The first-order chi connectivity index (χ1) is 5.75. The van der Waals surface area contributed by atoms with Crippen LogP contribution in [0.3, 0.4) is 0 Å². The summed E-state index contributed by atoms with van der Waals surface area (Å²) in [4.78, 5) is 4.04. The zero-order chi connectivity index (χ0) is 8.55. The third-order valence-electron chi connectivity index (χ3n) is 1.65. The molecule has 0 aliphatic carbocycles. The number of amidine groups is 1. The highest BCUT2D eigenvalue weighted by molar-refractivity contribution is 9.10. The van der Waals surface area contributed by atoms with Crippen LogP contribution < -0.4 is 5.73 Å². The van der Waals surface area contributed by atoms with Crippen LogP contribution in [0.15, 0.2) is 27.7 Å². The molecular formula is C8H7BrN2O. The molecule has 0 radical (unpaired) electrons. The summed E-state index contributed by atoms with van der Waals surface area (Å²) in [5.74, 6) is 0. The second-order valence-corrected chi connectivity index (χ2v) is 3.43. The first kappa shape index (κ1) is 7.61.